The molecule has 4 N–H and O–H groups in total. The van der Waals surface area contributed by atoms with Gasteiger partial charge in [0, 0.05) is 24.8 Å². The Balaban J connectivity index is 2.03. The topological polar surface area (TPSA) is 87.5 Å². The summed E-state index contributed by atoms with van der Waals surface area (Å²) in [6, 6.07) is 7.07. The quantitative estimate of drug-likeness (QED) is 0.754. The van der Waals surface area contributed by atoms with Crippen molar-refractivity contribution in [3.05, 3.63) is 29.8 Å². The molecule has 3 amide bonds. The Morgan fingerprint density at radius 2 is 2.30 bits per heavy atom. The molecular formula is C14H20N4O2. The molecule has 0 aromatic heterocycles. The third-order valence-corrected chi connectivity index (χ3v) is 3.21. The Labute approximate surface area is 118 Å². The van der Waals surface area contributed by atoms with Gasteiger partial charge in [-0.15, -0.1) is 0 Å². The van der Waals surface area contributed by atoms with Crippen molar-refractivity contribution in [1.82, 2.24) is 10.2 Å². The van der Waals surface area contributed by atoms with E-state index in [1.54, 1.807) is 0 Å². The largest absolute Gasteiger partial charge is 0.354 e. The van der Waals surface area contributed by atoms with Crippen molar-refractivity contribution >= 4 is 17.6 Å². The molecule has 0 spiro atoms. The summed E-state index contributed by atoms with van der Waals surface area (Å²) in [5, 5.41) is 5.55. The summed E-state index contributed by atoms with van der Waals surface area (Å²) >= 11 is 0. The van der Waals surface area contributed by atoms with E-state index in [2.05, 4.69) is 10.6 Å². The molecule has 1 aliphatic rings. The van der Waals surface area contributed by atoms with E-state index >= 15 is 0 Å². The number of hydrogen-bond donors (Lipinski definition) is 3. The van der Waals surface area contributed by atoms with E-state index in [0.29, 0.717) is 18.8 Å². The first-order chi connectivity index (χ1) is 9.56. The molecule has 108 valence electrons. The Hall–Kier alpha value is -2.08. The van der Waals surface area contributed by atoms with Crippen LogP contribution < -0.4 is 16.4 Å². The van der Waals surface area contributed by atoms with Crippen molar-refractivity contribution in [2.75, 3.05) is 25.0 Å². The summed E-state index contributed by atoms with van der Waals surface area (Å²) in [5.74, 6) is -0.123. The Morgan fingerprint density at radius 1 is 1.50 bits per heavy atom. The number of carbonyl (C=O) groups excluding carboxylic acids is 2. The maximum Gasteiger partial charge on any atom is 0.322 e. The van der Waals surface area contributed by atoms with Crippen molar-refractivity contribution in [2.45, 2.75) is 19.4 Å². The molecule has 1 atom stereocenters. The zero-order valence-corrected chi connectivity index (χ0v) is 11.6. The number of nitrogens with two attached hydrogens (primary N) is 1. The second kappa shape index (κ2) is 6.38. The van der Waals surface area contributed by atoms with E-state index < -0.39 is 0 Å². The first kappa shape index (κ1) is 14.3. The van der Waals surface area contributed by atoms with E-state index in [1.165, 1.54) is 4.90 Å². The van der Waals surface area contributed by atoms with E-state index in [-0.39, 0.29) is 24.5 Å². The zero-order chi connectivity index (χ0) is 14.5. The molecule has 1 fully saturated rings. The second-order valence-corrected chi connectivity index (χ2v) is 4.97. The lowest BCUT2D eigenvalue weighted by atomic mass is 10.1. The number of amides is 3. The van der Waals surface area contributed by atoms with Crippen LogP contribution in [-0.4, -0.2) is 36.5 Å². The maximum absolute atomic E-state index is 12.2. The number of anilines is 1. The van der Waals surface area contributed by atoms with Crippen LogP contribution in [0.4, 0.5) is 10.5 Å². The number of urea groups is 1. The van der Waals surface area contributed by atoms with Gasteiger partial charge >= 0.3 is 6.03 Å². The summed E-state index contributed by atoms with van der Waals surface area (Å²) in [6.07, 6.45) is 0.763. The molecule has 1 aromatic rings. The van der Waals surface area contributed by atoms with Crippen molar-refractivity contribution in [3.8, 4) is 0 Å². The summed E-state index contributed by atoms with van der Waals surface area (Å²) in [6.45, 7) is 3.17. The highest BCUT2D eigenvalue weighted by atomic mass is 16.2. The van der Waals surface area contributed by atoms with Crippen LogP contribution in [-0.2, 0) is 4.79 Å². The van der Waals surface area contributed by atoms with Crippen LogP contribution in [0.2, 0.25) is 0 Å². The van der Waals surface area contributed by atoms with Gasteiger partial charge in [0.1, 0.15) is 6.54 Å². The lowest BCUT2D eigenvalue weighted by Crippen LogP contribution is -2.39. The third-order valence-electron chi connectivity index (χ3n) is 3.21. The van der Waals surface area contributed by atoms with Gasteiger partial charge < -0.3 is 21.3 Å². The second-order valence-electron chi connectivity index (χ2n) is 4.97. The van der Waals surface area contributed by atoms with Gasteiger partial charge in [-0.1, -0.05) is 12.1 Å². The number of nitrogens with zero attached hydrogens (tertiary/aromatic N) is 1. The van der Waals surface area contributed by atoms with Gasteiger partial charge in [-0.05, 0) is 31.0 Å². The van der Waals surface area contributed by atoms with Crippen LogP contribution in [0.25, 0.3) is 0 Å². The summed E-state index contributed by atoms with van der Waals surface area (Å²) in [7, 11) is 0. The standard InChI is InChI=1S/C14H20N4O2/c1-10(15)11-4-2-5-12(8-11)17-14(20)18-7-3-6-16-13(19)9-18/h2,4-5,8,10H,3,6-7,9,15H2,1H3,(H,16,19)(H,17,20). The van der Waals surface area contributed by atoms with Gasteiger partial charge in [0.05, 0.1) is 0 Å². The lowest BCUT2D eigenvalue weighted by molar-refractivity contribution is -0.120. The molecule has 0 aliphatic carbocycles. The SMILES string of the molecule is CC(N)c1cccc(NC(=O)N2CCCNC(=O)C2)c1. The van der Waals surface area contributed by atoms with Crippen molar-refractivity contribution < 1.29 is 9.59 Å². The maximum atomic E-state index is 12.2. The first-order valence-corrected chi connectivity index (χ1v) is 6.74. The van der Waals surface area contributed by atoms with Crippen LogP contribution in [0.5, 0.6) is 0 Å². The van der Waals surface area contributed by atoms with Crippen LogP contribution in [0.3, 0.4) is 0 Å². The number of nitrogens with one attached hydrogen (secondary N) is 2. The number of hydrogen-bond acceptors (Lipinski definition) is 3. The van der Waals surface area contributed by atoms with Crippen LogP contribution in [0.15, 0.2) is 24.3 Å². The zero-order valence-electron chi connectivity index (χ0n) is 11.6. The molecule has 6 nitrogen and oxygen atoms in total. The minimum Gasteiger partial charge on any atom is -0.354 e. The molecule has 0 saturated carbocycles. The molecule has 20 heavy (non-hydrogen) atoms. The molecule has 1 aromatic carbocycles. The number of carbonyl (C=O) groups is 2. The van der Waals surface area contributed by atoms with Gasteiger partial charge in [0.25, 0.3) is 0 Å². The fraction of sp³-hybridized carbons (Fsp3) is 0.429. The van der Waals surface area contributed by atoms with E-state index in [0.717, 1.165) is 12.0 Å². The predicted molar refractivity (Wildman–Crippen MR) is 77.3 cm³/mol. The van der Waals surface area contributed by atoms with E-state index in [9.17, 15) is 9.59 Å². The normalized spacial score (nSPS) is 17.1. The summed E-state index contributed by atoms with van der Waals surface area (Å²) in [4.78, 5) is 25.1. The molecule has 1 heterocycles. The monoisotopic (exact) mass is 276 g/mol. The summed E-state index contributed by atoms with van der Waals surface area (Å²) < 4.78 is 0. The molecule has 1 unspecified atom stereocenters. The van der Waals surface area contributed by atoms with Crippen LogP contribution in [0, 0.1) is 0 Å². The summed E-state index contributed by atoms with van der Waals surface area (Å²) in [5.41, 5.74) is 7.46. The fourth-order valence-electron chi connectivity index (χ4n) is 2.08. The van der Waals surface area contributed by atoms with E-state index in [1.807, 2.05) is 31.2 Å². The molecule has 2 rings (SSSR count). The predicted octanol–water partition coefficient (Wildman–Crippen LogP) is 1.06. The number of benzene rings is 1. The van der Waals surface area contributed by atoms with E-state index in [4.69, 9.17) is 5.73 Å². The van der Waals surface area contributed by atoms with Gasteiger partial charge in [-0.3, -0.25) is 4.79 Å². The first-order valence-electron chi connectivity index (χ1n) is 6.74. The van der Waals surface area contributed by atoms with Gasteiger partial charge in [-0.25, -0.2) is 4.79 Å². The average Bonchev–Trinajstić information content (AvgIpc) is 2.63. The Kier molecular flexibility index (Phi) is 4.57. The number of rotatable bonds is 2. The third kappa shape index (κ3) is 3.71. The minimum absolute atomic E-state index is 0.0872. The Bertz CT molecular complexity index is 502. The smallest absolute Gasteiger partial charge is 0.322 e. The molecule has 0 radical (unpaired) electrons. The minimum atomic E-state index is -0.260. The molecule has 6 heteroatoms. The van der Waals surface area contributed by atoms with Gasteiger partial charge in [0.15, 0.2) is 0 Å². The molecular weight excluding hydrogens is 256 g/mol. The van der Waals surface area contributed by atoms with Crippen molar-refractivity contribution in [2.24, 2.45) is 5.73 Å². The molecule has 0 bridgehead atoms. The van der Waals surface area contributed by atoms with Crippen molar-refractivity contribution in [1.29, 1.82) is 0 Å². The van der Waals surface area contributed by atoms with Crippen molar-refractivity contribution in [3.63, 3.8) is 0 Å². The highest BCUT2D eigenvalue weighted by Gasteiger charge is 2.19. The van der Waals surface area contributed by atoms with Gasteiger partial charge in [-0.2, -0.15) is 0 Å². The molecule has 1 aliphatic heterocycles. The van der Waals surface area contributed by atoms with Crippen LogP contribution >= 0.6 is 0 Å². The lowest BCUT2D eigenvalue weighted by Gasteiger charge is -2.20. The fourth-order valence-corrected chi connectivity index (χ4v) is 2.08. The Morgan fingerprint density at radius 3 is 3.05 bits per heavy atom. The highest BCUT2D eigenvalue weighted by Crippen LogP contribution is 2.16. The average molecular weight is 276 g/mol. The van der Waals surface area contributed by atoms with Crippen LogP contribution in [0.1, 0.15) is 24.9 Å². The van der Waals surface area contributed by atoms with Gasteiger partial charge in [0.2, 0.25) is 5.91 Å². The molecule has 1 saturated heterocycles. The highest BCUT2D eigenvalue weighted by molar-refractivity contribution is 5.92.